The molecule has 0 aliphatic carbocycles. The topological polar surface area (TPSA) is 0 Å². The molecule has 1 aromatic carbocycles. The second kappa shape index (κ2) is 4.87. The number of halogens is 3. The summed E-state index contributed by atoms with van der Waals surface area (Å²) in [6, 6.07) is 5.95. The summed E-state index contributed by atoms with van der Waals surface area (Å²) in [6.45, 7) is 0. The first-order chi connectivity index (χ1) is 4.22. The normalized spacial score (nSPS) is 8.70. The van der Waals surface area contributed by atoms with Gasteiger partial charge in [0, 0.05) is 0 Å². The van der Waals surface area contributed by atoms with Gasteiger partial charge in [0.1, 0.15) is 0 Å². The zero-order chi connectivity index (χ0) is 6.85. The third-order valence-electron chi connectivity index (χ3n) is 0.842. The van der Waals surface area contributed by atoms with E-state index in [-0.39, 0.29) is 29.6 Å². The van der Waals surface area contributed by atoms with Gasteiger partial charge in [-0.2, -0.15) is 29.8 Å². The monoisotopic (exact) mass is 202 g/mol. The number of hydrogen-bond acceptors (Lipinski definition) is 0. The first kappa shape index (κ1) is 11.1. The second-order valence-electron chi connectivity index (χ2n) is 1.45. The minimum atomic E-state index is 0. The van der Waals surface area contributed by atoms with Gasteiger partial charge in [0.05, 0.1) is 0 Å². The molecule has 0 aliphatic rings. The predicted molar refractivity (Wildman–Crippen MR) is 40.3 cm³/mol. The molecule has 0 heterocycles. The largest absolute Gasteiger partial charge is 1.00 e. The van der Waals surface area contributed by atoms with Gasteiger partial charge in [0.2, 0.25) is 0 Å². The van der Waals surface area contributed by atoms with E-state index in [0.717, 1.165) is 0 Å². The van der Waals surface area contributed by atoms with Gasteiger partial charge >= 0.3 is 29.6 Å². The predicted octanol–water partition coefficient (Wildman–Crippen LogP) is 0.451. The van der Waals surface area contributed by atoms with Crippen LogP contribution in [-0.2, 0) is 0 Å². The molecule has 0 atom stereocenters. The van der Waals surface area contributed by atoms with Crippen LogP contribution < -0.4 is 29.6 Å². The first-order valence-electron chi connectivity index (χ1n) is 2.23. The maximum Gasteiger partial charge on any atom is 1.00 e. The van der Waals surface area contributed by atoms with Crippen LogP contribution in [0.15, 0.2) is 12.1 Å². The minimum absolute atomic E-state index is 0. The van der Waals surface area contributed by atoms with Crippen LogP contribution >= 0.6 is 34.8 Å². The Morgan fingerprint density at radius 2 is 1.80 bits per heavy atom. The molecule has 10 heavy (non-hydrogen) atoms. The van der Waals surface area contributed by atoms with Gasteiger partial charge < -0.3 is 0 Å². The molecule has 0 amide bonds. The van der Waals surface area contributed by atoms with Crippen LogP contribution in [0.5, 0.6) is 0 Å². The van der Waals surface area contributed by atoms with Gasteiger partial charge in [-0.05, 0) is 10.0 Å². The molecule has 48 valence electrons. The van der Waals surface area contributed by atoms with E-state index in [2.05, 4.69) is 6.07 Å². The van der Waals surface area contributed by atoms with E-state index in [9.17, 15) is 0 Å². The van der Waals surface area contributed by atoms with Crippen molar-refractivity contribution in [1.82, 2.24) is 0 Å². The summed E-state index contributed by atoms with van der Waals surface area (Å²) in [5.41, 5.74) is 0. The molecular weight excluding hydrogens is 201 g/mol. The van der Waals surface area contributed by atoms with E-state index in [1.807, 2.05) is 0 Å². The van der Waals surface area contributed by atoms with Crippen molar-refractivity contribution in [1.29, 1.82) is 0 Å². The zero-order valence-corrected chi connectivity index (χ0v) is 9.56. The minimum Gasteiger partial charge on any atom is -0.174 e. The Balaban J connectivity index is 0.000000810. The summed E-state index contributed by atoms with van der Waals surface area (Å²) in [5, 5.41) is 1.19. The third-order valence-corrected chi connectivity index (χ3v) is 2.04. The van der Waals surface area contributed by atoms with Crippen molar-refractivity contribution in [2.24, 2.45) is 0 Å². The van der Waals surface area contributed by atoms with Gasteiger partial charge in [-0.3, -0.25) is 0 Å². The molecule has 0 bridgehead atoms. The Hall–Kier alpha value is 1.09. The van der Waals surface area contributed by atoms with Gasteiger partial charge in [-0.15, -0.1) is 23.2 Å². The molecule has 0 saturated heterocycles. The van der Waals surface area contributed by atoms with Crippen molar-refractivity contribution in [2.75, 3.05) is 0 Å². The van der Waals surface area contributed by atoms with Crippen molar-refractivity contribution >= 4 is 34.8 Å². The standard InChI is InChI=1S/C6H2Cl3.Na/c7-4-2-1-3-5(8)6(4)9;/h1-2H;/q-1;+1. The molecule has 0 spiro atoms. The Morgan fingerprint density at radius 1 is 1.20 bits per heavy atom. The molecule has 4 heteroatoms. The van der Waals surface area contributed by atoms with Crippen LogP contribution in [0.4, 0.5) is 0 Å². The zero-order valence-electron chi connectivity index (χ0n) is 5.29. The third kappa shape index (κ3) is 2.61. The molecule has 0 aromatic heterocycles. The van der Waals surface area contributed by atoms with Gasteiger partial charge in [0.25, 0.3) is 0 Å². The van der Waals surface area contributed by atoms with E-state index in [0.29, 0.717) is 15.1 Å². The van der Waals surface area contributed by atoms with Gasteiger partial charge in [0.15, 0.2) is 0 Å². The maximum absolute atomic E-state index is 5.58. The molecule has 0 saturated carbocycles. The van der Waals surface area contributed by atoms with Crippen LogP contribution in [0.3, 0.4) is 0 Å². The van der Waals surface area contributed by atoms with Crippen LogP contribution in [0.25, 0.3) is 0 Å². The fraction of sp³-hybridized carbons (Fsp3) is 0. The summed E-state index contributed by atoms with van der Waals surface area (Å²) in [4.78, 5) is 0. The van der Waals surface area contributed by atoms with E-state index >= 15 is 0 Å². The van der Waals surface area contributed by atoms with Crippen molar-refractivity contribution in [3.8, 4) is 0 Å². The number of rotatable bonds is 0. The first-order valence-corrected chi connectivity index (χ1v) is 3.36. The Labute approximate surface area is 96.8 Å². The molecule has 0 nitrogen and oxygen atoms in total. The van der Waals surface area contributed by atoms with Gasteiger partial charge in [-0.1, -0.05) is 5.02 Å². The fourth-order valence-electron chi connectivity index (χ4n) is 0.429. The quantitative estimate of drug-likeness (QED) is 0.326. The van der Waals surface area contributed by atoms with Crippen molar-refractivity contribution in [3.05, 3.63) is 33.3 Å². The SMILES string of the molecule is Clc1[c-]ccc(Cl)c1Cl.[Na+]. The molecule has 0 aliphatic heterocycles. The van der Waals surface area contributed by atoms with E-state index in [1.54, 1.807) is 12.1 Å². The molecule has 1 rings (SSSR count). The van der Waals surface area contributed by atoms with E-state index in [1.165, 1.54) is 0 Å². The Bertz CT molecular complexity index is 204. The summed E-state index contributed by atoms with van der Waals surface area (Å²) in [7, 11) is 0. The average molecular weight is 203 g/mol. The molecule has 0 unspecified atom stereocenters. The Morgan fingerprint density at radius 3 is 2.20 bits per heavy atom. The average Bonchev–Trinajstić information content (AvgIpc) is 1.83. The summed E-state index contributed by atoms with van der Waals surface area (Å²) < 4.78 is 0. The van der Waals surface area contributed by atoms with Crippen molar-refractivity contribution in [2.45, 2.75) is 0 Å². The summed E-state index contributed by atoms with van der Waals surface area (Å²) in [6.07, 6.45) is 0. The maximum atomic E-state index is 5.58. The van der Waals surface area contributed by atoms with E-state index in [4.69, 9.17) is 34.8 Å². The molecule has 0 N–H and O–H groups in total. The number of hydrogen-bond donors (Lipinski definition) is 0. The van der Waals surface area contributed by atoms with Crippen LogP contribution in [0, 0.1) is 6.07 Å². The Kier molecular flexibility index (Phi) is 5.40. The molecule has 0 fully saturated rings. The fourth-order valence-corrected chi connectivity index (χ4v) is 0.918. The van der Waals surface area contributed by atoms with Crippen molar-refractivity contribution < 1.29 is 29.6 Å². The van der Waals surface area contributed by atoms with Crippen molar-refractivity contribution in [3.63, 3.8) is 0 Å². The molecule has 0 radical (unpaired) electrons. The van der Waals surface area contributed by atoms with Crippen LogP contribution in [0.2, 0.25) is 15.1 Å². The molecule has 1 aromatic rings. The molecular formula is C6H2Cl3Na. The van der Waals surface area contributed by atoms with E-state index < -0.39 is 0 Å². The van der Waals surface area contributed by atoms with Crippen LogP contribution in [-0.4, -0.2) is 0 Å². The number of benzene rings is 1. The smallest absolute Gasteiger partial charge is 0.174 e. The summed E-state index contributed by atoms with van der Waals surface area (Å²) >= 11 is 16.7. The second-order valence-corrected chi connectivity index (χ2v) is 2.62. The summed E-state index contributed by atoms with van der Waals surface area (Å²) in [5.74, 6) is 0. The van der Waals surface area contributed by atoms with Gasteiger partial charge in [-0.25, -0.2) is 0 Å². The van der Waals surface area contributed by atoms with Crippen LogP contribution in [0.1, 0.15) is 0 Å².